The third kappa shape index (κ3) is 6.18. The quantitative estimate of drug-likeness (QED) is 0.273. The monoisotopic (exact) mass is 453 g/mol. The highest BCUT2D eigenvalue weighted by Crippen LogP contribution is 2.34. The molecule has 2 aromatic rings. The number of aryl methyl sites for hydroxylation is 1. The lowest BCUT2D eigenvalue weighted by atomic mass is 10.1. The molecule has 3 N–H and O–H groups in total. The fraction of sp³-hybridized carbons (Fsp3) is 0.240. The van der Waals surface area contributed by atoms with Crippen LogP contribution in [0.25, 0.3) is 0 Å². The van der Waals surface area contributed by atoms with Crippen molar-refractivity contribution in [1.82, 2.24) is 4.31 Å². The highest BCUT2D eigenvalue weighted by atomic mass is 35.5. The molecule has 0 radical (unpaired) electrons. The van der Waals surface area contributed by atoms with Crippen LogP contribution in [0.15, 0.2) is 77.4 Å². The number of benzene rings is 2. The van der Waals surface area contributed by atoms with Crippen LogP contribution in [0.5, 0.6) is 0 Å². The summed E-state index contributed by atoms with van der Waals surface area (Å²) in [6.07, 6.45) is 13.5. The van der Waals surface area contributed by atoms with Crippen molar-refractivity contribution in [3.63, 3.8) is 0 Å². The number of halogens is 1. The number of nitrogens with one attached hydrogen (secondary N) is 1. The molecule has 0 unspecified atom stereocenters. The van der Waals surface area contributed by atoms with E-state index in [1.165, 1.54) is 5.70 Å². The highest BCUT2D eigenvalue weighted by molar-refractivity contribution is 7.97. The van der Waals surface area contributed by atoms with Crippen molar-refractivity contribution < 1.29 is 4.79 Å². The summed E-state index contributed by atoms with van der Waals surface area (Å²) >= 11 is 8.02. The molecule has 162 valence electrons. The molecule has 0 fully saturated rings. The second-order valence-electron chi connectivity index (χ2n) is 7.22. The molecule has 0 bridgehead atoms. The Labute approximate surface area is 194 Å². The zero-order valence-electron chi connectivity index (χ0n) is 17.9. The number of carbonyl (C=O) groups excluding carboxylic acids is 1. The summed E-state index contributed by atoms with van der Waals surface area (Å²) in [5, 5.41) is 3.42. The predicted molar refractivity (Wildman–Crippen MR) is 133 cm³/mol. The maximum atomic E-state index is 12.9. The Morgan fingerprint density at radius 3 is 2.87 bits per heavy atom. The van der Waals surface area contributed by atoms with Gasteiger partial charge in [-0.1, -0.05) is 48.9 Å². The van der Waals surface area contributed by atoms with E-state index in [9.17, 15) is 4.79 Å². The summed E-state index contributed by atoms with van der Waals surface area (Å²) in [7, 11) is 0. The number of nitrogens with two attached hydrogens (primary N) is 1. The van der Waals surface area contributed by atoms with E-state index in [1.807, 2.05) is 62.4 Å². The lowest BCUT2D eigenvalue weighted by Gasteiger charge is -2.27. The van der Waals surface area contributed by atoms with Gasteiger partial charge >= 0.3 is 0 Å². The minimum atomic E-state index is -0.260. The Bertz CT molecular complexity index is 1030. The standard InChI is InChI=1S/C25H28ClN3OS/c1-3-5-6-9-19-10-7-8-15-29(19)31-20-12-13-22(26)24(17-20)28-25(30)21-16-18(4-2)11-14-23(21)27/h3,5-6,9-14,16-17H,4,7-8,15,27H2,1-2H3,(H,28,30)/b5-3-,9-6-. The summed E-state index contributed by atoms with van der Waals surface area (Å²) in [4.78, 5) is 13.9. The van der Waals surface area contributed by atoms with E-state index in [0.29, 0.717) is 22.0 Å². The zero-order chi connectivity index (χ0) is 22.2. The number of nitrogens with zero attached hydrogens (tertiary/aromatic N) is 1. The van der Waals surface area contributed by atoms with E-state index in [0.717, 1.165) is 36.3 Å². The van der Waals surface area contributed by atoms with Gasteiger partial charge in [0.2, 0.25) is 0 Å². The molecule has 1 amide bonds. The average molecular weight is 454 g/mol. The van der Waals surface area contributed by atoms with Crippen LogP contribution in [0.2, 0.25) is 5.02 Å². The second kappa shape index (κ2) is 11.1. The molecule has 6 heteroatoms. The van der Waals surface area contributed by atoms with E-state index in [2.05, 4.69) is 21.8 Å². The van der Waals surface area contributed by atoms with Crippen LogP contribution in [-0.2, 0) is 6.42 Å². The zero-order valence-corrected chi connectivity index (χ0v) is 19.5. The summed E-state index contributed by atoms with van der Waals surface area (Å²) in [6.45, 7) is 5.00. The van der Waals surface area contributed by atoms with E-state index in [1.54, 1.807) is 18.0 Å². The number of carbonyl (C=O) groups is 1. The van der Waals surface area contributed by atoms with Gasteiger partial charge in [-0.25, -0.2) is 0 Å². The minimum absolute atomic E-state index is 0.260. The highest BCUT2D eigenvalue weighted by Gasteiger charge is 2.16. The van der Waals surface area contributed by atoms with E-state index < -0.39 is 0 Å². The Hall–Kier alpha value is -2.63. The van der Waals surface area contributed by atoms with Crippen molar-refractivity contribution >= 4 is 40.8 Å². The van der Waals surface area contributed by atoms with Crippen LogP contribution in [0, 0.1) is 0 Å². The fourth-order valence-electron chi connectivity index (χ4n) is 3.22. The maximum Gasteiger partial charge on any atom is 0.257 e. The molecule has 0 aromatic heterocycles. The largest absolute Gasteiger partial charge is 0.398 e. The van der Waals surface area contributed by atoms with Gasteiger partial charge in [-0.15, -0.1) is 0 Å². The molecule has 2 aromatic carbocycles. The van der Waals surface area contributed by atoms with Crippen LogP contribution in [-0.4, -0.2) is 16.8 Å². The maximum absolute atomic E-state index is 12.9. The topological polar surface area (TPSA) is 58.4 Å². The Kier molecular flexibility index (Phi) is 8.27. The fourth-order valence-corrected chi connectivity index (χ4v) is 4.40. The molecule has 0 spiro atoms. The Morgan fingerprint density at radius 1 is 1.26 bits per heavy atom. The van der Waals surface area contributed by atoms with Gasteiger partial charge in [0.15, 0.2) is 0 Å². The molecule has 0 saturated heterocycles. The van der Waals surface area contributed by atoms with Crippen molar-refractivity contribution in [1.29, 1.82) is 0 Å². The molecular weight excluding hydrogens is 426 g/mol. The van der Waals surface area contributed by atoms with Crippen LogP contribution in [0.3, 0.4) is 0 Å². The first kappa shape index (κ1) is 23.0. The van der Waals surface area contributed by atoms with Crippen molar-refractivity contribution in [2.24, 2.45) is 0 Å². The molecule has 1 heterocycles. The summed E-state index contributed by atoms with van der Waals surface area (Å²) in [5.74, 6) is -0.260. The molecule has 0 aliphatic carbocycles. The molecule has 3 rings (SSSR count). The molecule has 0 saturated carbocycles. The molecule has 0 atom stereocenters. The minimum Gasteiger partial charge on any atom is -0.398 e. The third-order valence-electron chi connectivity index (χ3n) is 4.95. The smallest absolute Gasteiger partial charge is 0.257 e. The average Bonchev–Trinajstić information content (AvgIpc) is 2.77. The Balaban J connectivity index is 1.78. The van der Waals surface area contributed by atoms with Crippen molar-refractivity contribution in [3.05, 3.63) is 88.6 Å². The lowest BCUT2D eigenvalue weighted by molar-refractivity contribution is 0.102. The summed E-state index contributed by atoms with van der Waals surface area (Å²) in [6, 6.07) is 11.2. The van der Waals surface area contributed by atoms with Crippen LogP contribution < -0.4 is 11.1 Å². The summed E-state index contributed by atoms with van der Waals surface area (Å²) in [5.41, 5.74) is 9.76. The summed E-state index contributed by atoms with van der Waals surface area (Å²) < 4.78 is 2.26. The van der Waals surface area contributed by atoms with Gasteiger partial charge in [0.1, 0.15) is 0 Å². The SMILES string of the molecule is C/C=C\C=C/C1=CCCCN1Sc1ccc(Cl)c(NC(=O)c2cc(CC)ccc2N)c1. The number of anilines is 2. The first-order chi connectivity index (χ1) is 15.0. The number of allylic oxidation sites excluding steroid dienone is 5. The molecular formula is C25H28ClN3OS. The third-order valence-corrected chi connectivity index (χ3v) is 6.36. The van der Waals surface area contributed by atoms with E-state index >= 15 is 0 Å². The first-order valence-corrected chi connectivity index (χ1v) is 11.6. The van der Waals surface area contributed by atoms with E-state index in [-0.39, 0.29) is 5.91 Å². The van der Waals surface area contributed by atoms with Gasteiger partial charge in [0.25, 0.3) is 5.91 Å². The first-order valence-electron chi connectivity index (χ1n) is 10.5. The lowest BCUT2D eigenvalue weighted by Crippen LogP contribution is -2.19. The van der Waals surface area contributed by atoms with E-state index in [4.69, 9.17) is 17.3 Å². The molecule has 1 aliphatic heterocycles. The van der Waals surface area contributed by atoms with Gasteiger partial charge in [0, 0.05) is 22.8 Å². The molecule has 31 heavy (non-hydrogen) atoms. The van der Waals surface area contributed by atoms with Crippen molar-refractivity contribution in [2.45, 2.75) is 38.0 Å². The number of hydrogen-bond donors (Lipinski definition) is 2. The van der Waals surface area contributed by atoms with Gasteiger partial charge < -0.3 is 15.4 Å². The number of hydrogen-bond acceptors (Lipinski definition) is 4. The van der Waals surface area contributed by atoms with Gasteiger partial charge in [-0.3, -0.25) is 4.79 Å². The van der Waals surface area contributed by atoms with Gasteiger partial charge in [-0.05, 0) is 80.1 Å². The molecule has 1 aliphatic rings. The van der Waals surface area contributed by atoms with Crippen LogP contribution in [0.1, 0.15) is 42.6 Å². The van der Waals surface area contributed by atoms with Crippen LogP contribution >= 0.6 is 23.5 Å². The van der Waals surface area contributed by atoms with Gasteiger partial charge in [0.05, 0.1) is 16.3 Å². The number of rotatable bonds is 7. The number of amides is 1. The number of nitrogen functional groups attached to an aromatic ring is 1. The predicted octanol–water partition coefficient (Wildman–Crippen LogP) is 6.86. The van der Waals surface area contributed by atoms with Crippen molar-refractivity contribution in [3.8, 4) is 0 Å². The Morgan fingerprint density at radius 2 is 2.10 bits per heavy atom. The molecule has 4 nitrogen and oxygen atoms in total. The van der Waals surface area contributed by atoms with Crippen molar-refractivity contribution in [2.75, 3.05) is 17.6 Å². The van der Waals surface area contributed by atoms with Crippen LogP contribution in [0.4, 0.5) is 11.4 Å². The van der Waals surface area contributed by atoms with Gasteiger partial charge in [-0.2, -0.15) is 0 Å². The second-order valence-corrected chi connectivity index (χ2v) is 8.72. The normalized spacial score (nSPS) is 14.3.